The molecular weight excluding hydrogens is 354 g/mol. The fourth-order valence-electron chi connectivity index (χ4n) is 5.23. The quantitative estimate of drug-likeness (QED) is 0.792. The van der Waals surface area contributed by atoms with Crippen LogP contribution >= 0.6 is 0 Å². The number of hydrogen-bond acceptors (Lipinski definition) is 3. The van der Waals surface area contributed by atoms with Crippen molar-refractivity contribution in [1.82, 2.24) is 5.32 Å². The SMILES string of the molecule is Cc1ccc(C23CC(C(NC(=O)OCc4ccccc4)C(=O)O)(C2)C3)c(C)c1. The van der Waals surface area contributed by atoms with Crippen molar-refractivity contribution in [2.45, 2.75) is 51.2 Å². The van der Waals surface area contributed by atoms with Crippen LogP contribution in [0.25, 0.3) is 0 Å². The number of aliphatic carboxylic acids is 1. The van der Waals surface area contributed by atoms with Gasteiger partial charge in [0.1, 0.15) is 12.6 Å². The zero-order valence-electron chi connectivity index (χ0n) is 16.2. The number of alkyl carbamates (subject to hydrolysis) is 1. The monoisotopic (exact) mass is 379 g/mol. The average Bonchev–Trinajstić information content (AvgIpc) is 2.59. The maximum absolute atomic E-state index is 12.2. The van der Waals surface area contributed by atoms with Crippen LogP contribution in [0.3, 0.4) is 0 Å². The smallest absolute Gasteiger partial charge is 0.408 e. The normalized spacial score (nSPS) is 25.8. The van der Waals surface area contributed by atoms with Gasteiger partial charge in [-0.25, -0.2) is 9.59 Å². The van der Waals surface area contributed by atoms with Gasteiger partial charge in [-0.1, -0.05) is 54.1 Å². The summed E-state index contributed by atoms with van der Waals surface area (Å²) in [7, 11) is 0. The highest BCUT2D eigenvalue weighted by Crippen LogP contribution is 2.75. The summed E-state index contributed by atoms with van der Waals surface area (Å²) in [6.07, 6.45) is 1.70. The van der Waals surface area contributed by atoms with Gasteiger partial charge in [0.25, 0.3) is 0 Å². The molecule has 3 fully saturated rings. The Hall–Kier alpha value is -2.82. The predicted octanol–water partition coefficient (Wildman–Crippen LogP) is 4.10. The van der Waals surface area contributed by atoms with Crippen molar-refractivity contribution in [2.75, 3.05) is 0 Å². The van der Waals surface area contributed by atoms with E-state index >= 15 is 0 Å². The Morgan fingerprint density at radius 2 is 1.79 bits per heavy atom. The molecule has 28 heavy (non-hydrogen) atoms. The third kappa shape index (κ3) is 3.05. The Morgan fingerprint density at radius 1 is 1.11 bits per heavy atom. The van der Waals surface area contributed by atoms with Crippen LogP contribution in [-0.4, -0.2) is 23.2 Å². The molecule has 1 unspecified atom stereocenters. The summed E-state index contributed by atoms with van der Waals surface area (Å²) in [6.45, 7) is 4.31. The molecule has 2 N–H and O–H groups in total. The first kappa shape index (κ1) is 18.5. The zero-order chi connectivity index (χ0) is 19.9. The molecule has 0 heterocycles. The number of nitrogens with one attached hydrogen (secondary N) is 1. The number of carbonyl (C=O) groups is 2. The second-order valence-corrected chi connectivity index (χ2v) is 8.47. The molecule has 0 spiro atoms. The summed E-state index contributed by atoms with van der Waals surface area (Å²) in [5.41, 5.74) is 4.37. The predicted molar refractivity (Wildman–Crippen MR) is 105 cm³/mol. The molecule has 1 amide bonds. The first-order valence-electron chi connectivity index (χ1n) is 9.61. The molecule has 3 aliphatic rings. The van der Waals surface area contributed by atoms with Gasteiger partial charge in [0, 0.05) is 5.41 Å². The number of carboxylic acid groups (broad SMARTS) is 1. The fraction of sp³-hybridized carbons (Fsp3) is 0.391. The van der Waals surface area contributed by atoms with Crippen molar-refractivity contribution in [3.8, 4) is 0 Å². The van der Waals surface area contributed by atoms with Crippen molar-refractivity contribution in [3.63, 3.8) is 0 Å². The molecule has 2 bridgehead atoms. The van der Waals surface area contributed by atoms with E-state index in [4.69, 9.17) is 4.74 Å². The molecule has 0 radical (unpaired) electrons. The summed E-state index contributed by atoms with van der Waals surface area (Å²) in [5, 5.41) is 12.3. The van der Waals surface area contributed by atoms with Gasteiger partial charge in [0.15, 0.2) is 0 Å². The topological polar surface area (TPSA) is 75.6 Å². The summed E-state index contributed by atoms with van der Waals surface area (Å²) < 4.78 is 5.22. The highest BCUT2D eigenvalue weighted by molar-refractivity contribution is 5.82. The zero-order valence-corrected chi connectivity index (χ0v) is 16.2. The van der Waals surface area contributed by atoms with Gasteiger partial charge in [-0.2, -0.15) is 0 Å². The first-order chi connectivity index (χ1) is 13.3. The van der Waals surface area contributed by atoms with Gasteiger partial charge in [-0.3, -0.25) is 0 Å². The minimum absolute atomic E-state index is 0.0705. The Kier molecular flexibility index (Phi) is 4.41. The molecule has 2 aromatic carbocycles. The van der Waals surface area contributed by atoms with Crippen molar-refractivity contribution in [3.05, 3.63) is 70.8 Å². The van der Waals surface area contributed by atoms with Crippen molar-refractivity contribution in [1.29, 1.82) is 0 Å². The van der Waals surface area contributed by atoms with E-state index in [1.54, 1.807) is 0 Å². The average molecular weight is 379 g/mol. The minimum atomic E-state index is -0.995. The molecule has 5 rings (SSSR count). The van der Waals surface area contributed by atoms with E-state index in [9.17, 15) is 14.7 Å². The number of rotatable bonds is 6. The lowest BCUT2D eigenvalue weighted by Crippen LogP contribution is -2.73. The Bertz CT molecular complexity index is 902. The van der Waals surface area contributed by atoms with Crippen LogP contribution in [0.2, 0.25) is 0 Å². The molecular formula is C23H25NO4. The van der Waals surface area contributed by atoms with E-state index in [1.807, 2.05) is 30.3 Å². The van der Waals surface area contributed by atoms with Crippen molar-refractivity contribution >= 4 is 12.1 Å². The van der Waals surface area contributed by atoms with Crippen molar-refractivity contribution < 1.29 is 19.4 Å². The molecule has 5 heteroatoms. The molecule has 3 saturated carbocycles. The fourth-order valence-corrected chi connectivity index (χ4v) is 5.23. The van der Waals surface area contributed by atoms with E-state index in [0.717, 1.165) is 24.8 Å². The highest BCUT2D eigenvalue weighted by Gasteiger charge is 2.72. The lowest BCUT2D eigenvalue weighted by atomic mass is 9.31. The molecule has 5 nitrogen and oxygen atoms in total. The number of amides is 1. The minimum Gasteiger partial charge on any atom is -0.480 e. The number of benzene rings is 2. The van der Waals surface area contributed by atoms with E-state index < -0.39 is 18.1 Å². The van der Waals surface area contributed by atoms with E-state index in [-0.39, 0.29) is 17.4 Å². The molecule has 1 atom stereocenters. The van der Waals surface area contributed by atoms with Gasteiger partial charge in [0.2, 0.25) is 0 Å². The van der Waals surface area contributed by atoms with Gasteiger partial charge >= 0.3 is 12.1 Å². The number of aryl methyl sites for hydroxylation is 2. The summed E-state index contributed by atoms with van der Waals surface area (Å²) in [5.74, 6) is -0.995. The molecule has 0 aliphatic heterocycles. The standard InChI is InChI=1S/C23H25NO4/c1-15-8-9-18(16(2)10-15)22-12-23(13-22,14-22)19(20(25)26)24-21(27)28-11-17-6-4-3-5-7-17/h3-10,19H,11-14H2,1-2H3,(H,24,27)(H,25,26). The lowest BCUT2D eigenvalue weighted by Gasteiger charge is -2.72. The number of carboxylic acids is 1. The van der Waals surface area contributed by atoms with Crippen LogP contribution < -0.4 is 5.32 Å². The van der Waals surface area contributed by atoms with Crippen LogP contribution in [0.5, 0.6) is 0 Å². The van der Waals surface area contributed by atoms with Crippen molar-refractivity contribution in [2.24, 2.45) is 5.41 Å². The van der Waals surface area contributed by atoms with E-state index in [0.29, 0.717) is 0 Å². The first-order valence-corrected chi connectivity index (χ1v) is 9.61. The summed E-state index contributed by atoms with van der Waals surface area (Å²) in [4.78, 5) is 24.0. The van der Waals surface area contributed by atoms with Crippen LogP contribution in [0.4, 0.5) is 4.79 Å². The molecule has 146 valence electrons. The number of ether oxygens (including phenoxy) is 1. The Balaban J connectivity index is 1.39. The molecule has 0 aromatic heterocycles. The highest BCUT2D eigenvalue weighted by atomic mass is 16.5. The molecule has 0 saturated heterocycles. The Morgan fingerprint density at radius 3 is 2.39 bits per heavy atom. The third-order valence-corrected chi connectivity index (χ3v) is 6.36. The summed E-state index contributed by atoms with van der Waals surface area (Å²) >= 11 is 0. The Labute approximate surface area is 164 Å². The van der Waals surface area contributed by atoms with Crippen LogP contribution in [0, 0.1) is 19.3 Å². The van der Waals surface area contributed by atoms with Crippen LogP contribution in [-0.2, 0) is 21.6 Å². The third-order valence-electron chi connectivity index (χ3n) is 6.36. The van der Waals surface area contributed by atoms with Gasteiger partial charge < -0.3 is 15.2 Å². The van der Waals surface area contributed by atoms with E-state index in [2.05, 4.69) is 37.4 Å². The van der Waals surface area contributed by atoms with E-state index in [1.165, 1.54) is 16.7 Å². The van der Waals surface area contributed by atoms with Gasteiger partial charge in [-0.15, -0.1) is 0 Å². The number of hydrogen-bond donors (Lipinski definition) is 2. The van der Waals surface area contributed by atoms with Gasteiger partial charge in [0.05, 0.1) is 0 Å². The largest absolute Gasteiger partial charge is 0.480 e. The molecule has 3 aliphatic carbocycles. The second kappa shape index (κ2) is 6.66. The maximum atomic E-state index is 12.2. The van der Waals surface area contributed by atoms with Gasteiger partial charge in [-0.05, 0) is 55.2 Å². The van der Waals surface area contributed by atoms with Crippen LogP contribution in [0.15, 0.2) is 48.5 Å². The summed E-state index contributed by atoms with van der Waals surface area (Å²) in [6, 6.07) is 14.9. The second-order valence-electron chi connectivity index (χ2n) is 8.47. The molecule has 2 aromatic rings. The maximum Gasteiger partial charge on any atom is 0.408 e. The lowest BCUT2D eigenvalue weighted by molar-refractivity contribution is -0.183. The van der Waals surface area contributed by atoms with Crippen LogP contribution in [0.1, 0.15) is 41.5 Å². The number of carbonyl (C=O) groups excluding carboxylic acids is 1.